The molecular weight excluding hydrogens is 485 g/mol. The number of rotatable bonds is 6. The summed E-state index contributed by atoms with van der Waals surface area (Å²) in [5, 5.41) is 12.4. The first kappa shape index (κ1) is 25.3. The minimum Gasteiger partial charge on any atom is -0.493 e. The normalized spacial score (nSPS) is 18.1. The van der Waals surface area contributed by atoms with Crippen molar-refractivity contribution in [1.82, 2.24) is 0 Å². The molecule has 0 bridgehead atoms. The van der Waals surface area contributed by atoms with E-state index in [1.54, 1.807) is 30.4 Å². The highest BCUT2D eigenvalue weighted by Crippen LogP contribution is 2.39. The van der Waals surface area contributed by atoms with Gasteiger partial charge in [0.1, 0.15) is 23.4 Å². The maximum atomic E-state index is 14.5. The summed E-state index contributed by atoms with van der Waals surface area (Å²) in [4.78, 5) is 24.5. The molecule has 0 saturated heterocycles. The van der Waals surface area contributed by atoms with Crippen molar-refractivity contribution in [3.8, 4) is 22.6 Å². The third kappa shape index (κ3) is 5.32. The van der Waals surface area contributed by atoms with Crippen molar-refractivity contribution < 1.29 is 28.6 Å². The molecular formula is C31H28FNO5. The molecule has 2 aliphatic rings. The molecule has 7 heteroatoms. The minimum absolute atomic E-state index is 0.291. The van der Waals surface area contributed by atoms with Crippen LogP contribution >= 0.6 is 0 Å². The molecule has 3 aromatic rings. The highest BCUT2D eigenvalue weighted by molar-refractivity contribution is 6.06. The Morgan fingerprint density at radius 1 is 1.08 bits per heavy atom. The first-order valence-corrected chi connectivity index (χ1v) is 12.5. The lowest BCUT2D eigenvalue weighted by atomic mass is 9.91. The van der Waals surface area contributed by atoms with Gasteiger partial charge in [0, 0.05) is 34.9 Å². The van der Waals surface area contributed by atoms with Crippen LogP contribution in [-0.2, 0) is 9.59 Å². The van der Waals surface area contributed by atoms with Gasteiger partial charge in [0.15, 0.2) is 0 Å². The summed E-state index contributed by atoms with van der Waals surface area (Å²) in [6.07, 6.45) is 5.95. The van der Waals surface area contributed by atoms with Crippen LogP contribution < -0.4 is 14.8 Å². The quantitative estimate of drug-likeness (QED) is 0.402. The SMILES string of the molecule is Cc1ccc(-c2cc(NC(=O)C3=CCC(Oc4cc5c(cc4C)C(C(=O)O)CCO5)C=C3)ccc2F)cc1. The summed E-state index contributed by atoms with van der Waals surface area (Å²) in [6.45, 7) is 4.19. The van der Waals surface area contributed by atoms with Gasteiger partial charge in [0.25, 0.3) is 5.91 Å². The van der Waals surface area contributed by atoms with E-state index in [4.69, 9.17) is 9.47 Å². The molecule has 5 rings (SSSR count). The number of halogens is 1. The standard InChI is InChI=1S/C31H28FNO5/c1-18-3-5-20(6-4-18)25-16-22(9-12-27(25)32)33-30(34)21-7-10-23(11-8-21)38-28-17-29-26(15-19(28)2)24(31(35)36)13-14-37-29/h3-10,12,15-17,23-24H,11,13-14H2,1-2H3,(H,33,34)(H,35,36). The molecule has 0 saturated carbocycles. The van der Waals surface area contributed by atoms with Gasteiger partial charge in [-0.3, -0.25) is 9.59 Å². The van der Waals surface area contributed by atoms with Gasteiger partial charge >= 0.3 is 5.97 Å². The highest BCUT2D eigenvalue weighted by atomic mass is 19.1. The van der Waals surface area contributed by atoms with Gasteiger partial charge in [0.05, 0.1) is 12.5 Å². The smallest absolute Gasteiger partial charge is 0.311 e. The third-order valence-electron chi connectivity index (χ3n) is 6.83. The fourth-order valence-corrected chi connectivity index (χ4v) is 4.69. The van der Waals surface area contributed by atoms with Crippen molar-refractivity contribution in [2.45, 2.75) is 38.7 Å². The van der Waals surface area contributed by atoms with Crippen LogP contribution in [0, 0.1) is 19.7 Å². The first-order valence-electron chi connectivity index (χ1n) is 12.5. The molecule has 6 nitrogen and oxygen atoms in total. The predicted molar refractivity (Wildman–Crippen MR) is 143 cm³/mol. The number of hydrogen-bond acceptors (Lipinski definition) is 4. The fraction of sp³-hybridized carbons (Fsp3) is 0.226. The number of carbonyl (C=O) groups excluding carboxylic acids is 1. The largest absolute Gasteiger partial charge is 0.493 e. The number of ether oxygens (including phenoxy) is 2. The molecule has 2 N–H and O–H groups in total. The number of aryl methyl sites for hydroxylation is 2. The number of amides is 1. The first-order chi connectivity index (χ1) is 18.3. The second kappa shape index (κ2) is 10.5. The highest BCUT2D eigenvalue weighted by Gasteiger charge is 2.29. The van der Waals surface area contributed by atoms with Gasteiger partial charge in [-0.25, -0.2) is 4.39 Å². The Morgan fingerprint density at radius 2 is 1.87 bits per heavy atom. The van der Waals surface area contributed by atoms with E-state index in [2.05, 4.69) is 5.32 Å². The molecule has 2 atom stereocenters. The number of anilines is 1. The van der Waals surface area contributed by atoms with E-state index in [-0.39, 0.29) is 17.8 Å². The summed E-state index contributed by atoms with van der Waals surface area (Å²) >= 11 is 0. The average Bonchev–Trinajstić information content (AvgIpc) is 2.90. The second-order valence-corrected chi connectivity index (χ2v) is 9.61. The number of carbonyl (C=O) groups is 2. The van der Waals surface area contributed by atoms with Gasteiger partial charge in [-0.1, -0.05) is 42.0 Å². The van der Waals surface area contributed by atoms with E-state index in [0.29, 0.717) is 53.3 Å². The van der Waals surface area contributed by atoms with Crippen LogP contribution in [-0.4, -0.2) is 29.7 Å². The maximum absolute atomic E-state index is 14.5. The predicted octanol–water partition coefficient (Wildman–Crippen LogP) is 6.33. The third-order valence-corrected chi connectivity index (χ3v) is 6.83. The molecule has 0 radical (unpaired) electrons. The number of benzene rings is 3. The Balaban J connectivity index is 1.24. The van der Waals surface area contributed by atoms with Crippen molar-refractivity contribution in [2.75, 3.05) is 11.9 Å². The van der Waals surface area contributed by atoms with E-state index in [1.807, 2.05) is 50.3 Å². The van der Waals surface area contributed by atoms with Crippen LogP contribution in [0.1, 0.15) is 35.4 Å². The molecule has 3 aromatic carbocycles. The number of hydrogen-bond donors (Lipinski definition) is 2. The topological polar surface area (TPSA) is 84.9 Å². The Bertz CT molecular complexity index is 1460. The van der Waals surface area contributed by atoms with Crippen LogP contribution in [0.15, 0.2) is 78.4 Å². The van der Waals surface area contributed by atoms with Crippen LogP contribution in [0.4, 0.5) is 10.1 Å². The lowest BCUT2D eigenvalue weighted by molar-refractivity contribution is -0.139. The van der Waals surface area contributed by atoms with Gasteiger partial charge < -0.3 is 19.9 Å². The molecule has 194 valence electrons. The number of carboxylic acids is 1. The Hall–Kier alpha value is -4.39. The summed E-state index contributed by atoms with van der Waals surface area (Å²) in [5.74, 6) is -0.950. The fourth-order valence-electron chi connectivity index (χ4n) is 4.69. The summed E-state index contributed by atoms with van der Waals surface area (Å²) in [5.41, 5.74) is 4.72. The van der Waals surface area contributed by atoms with E-state index in [9.17, 15) is 19.1 Å². The zero-order valence-corrected chi connectivity index (χ0v) is 21.2. The van der Waals surface area contributed by atoms with Crippen molar-refractivity contribution in [3.05, 3.63) is 101 Å². The second-order valence-electron chi connectivity index (χ2n) is 9.61. The molecule has 1 amide bonds. The summed E-state index contributed by atoms with van der Waals surface area (Å²) in [7, 11) is 0. The minimum atomic E-state index is -0.860. The molecule has 2 unspecified atom stereocenters. The number of fused-ring (bicyclic) bond motifs is 1. The molecule has 0 aromatic heterocycles. The lowest BCUT2D eigenvalue weighted by Crippen LogP contribution is -2.22. The molecule has 1 aliphatic carbocycles. The Kier molecular flexibility index (Phi) is 7.01. The van der Waals surface area contributed by atoms with Gasteiger partial charge in [-0.15, -0.1) is 0 Å². The van der Waals surface area contributed by atoms with Crippen molar-refractivity contribution >= 4 is 17.6 Å². The van der Waals surface area contributed by atoms with E-state index >= 15 is 0 Å². The Morgan fingerprint density at radius 3 is 2.58 bits per heavy atom. The van der Waals surface area contributed by atoms with Gasteiger partial charge in [-0.2, -0.15) is 0 Å². The van der Waals surface area contributed by atoms with Gasteiger partial charge in [-0.05, 0) is 61.7 Å². The lowest BCUT2D eigenvalue weighted by Gasteiger charge is -2.26. The molecule has 1 aliphatic heterocycles. The van der Waals surface area contributed by atoms with Crippen molar-refractivity contribution in [2.24, 2.45) is 0 Å². The van der Waals surface area contributed by atoms with Gasteiger partial charge in [0.2, 0.25) is 0 Å². The molecule has 0 spiro atoms. The van der Waals surface area contributed by atoms with Crippen LogP contribution in [0.3, 0.4) is 0 Å². The zero-order chi connectivity index (χ0) is 26.8. The molecule has 0 fully saturated rings. The van der Waals surface area contributed by atoms with E-state index in [1.165, 1.54) is 6.07 Å². The average molecular weight is 514 g/mol. The zero-order valence-electron chi connectivity index (χ0n) is 21.2. The van der Waals surface area contributed by atoms with Crippen LogP contribution in [0.25, 0.3) is 11.1 Å². The van der Waals surface area contributed by atoms with E-state index in [0.717, 1.165) is 16.7 Å². The summed E-state index contributed by atoms with van der Waals surface area (Å²) < 4.78 is 26.3. The molecule has 38 heavy (non-hydrogen) atoms. The number of carboxylic acid groups (broad SMARTS) is 1. The Labute approximate surface area is 220 Å². The monoisotopic (exact) mass is 513 g/mol. The van der Waals surface area contributed by atoms with E-state index < -0.39 is 11.9 Å². The van der Waals surface area contributed by atoms with Crippen molar-refractivity contribution in [1.29, 1.82) is 0 Å². The number of nitrogens with one attached hydrogen (secondary N) is 1. The van der Waals surface area contributed by atoms with Crippen LogP contribution in [0.5, 0.6) is 11.5 Å². The van der Waals surface area contributed by atoms with Crippen LogP contribution in [0.2, 0.25) is 0 Å². The molecule has 1 heterocycles. The summed E-state index contributed by atoms with van der Waals surface area (Å²) in [6, 6.07) is 15.6. The van der Waals surface area contributed by atoms with Crippen molar-refractivity contribution in [3.63, 3.8) is 0 Å². The maximum Gasteiger partial charge on any atom is 0.311 e. The number of aliphatic carboxylic acids is 1.